The van der Waals surface area contributed by atoms with E-state index >= 15 is 0 Å². The quantitative estimate of drug-likeness (QED) is 0.864. The summed E-state index contributed by atoms with van der Waals surface area (Å²) in [5.41, 5.74) is 1.29. The SMILES string of the molecule is C[C@H](CCc1ccccc1)NC(=O)N(C)C[C@@H]1COc2ccccc2O1. The normalized spacial score (nSPS) is 16.6. The maximum absolute atomic E-state index is 12.4. The van der Waals surface area contributed by atoms with Crippen LogP contribution >= 0.6 is 0 Å². The van der Waals surface area contributed by atoms with E-state index < -0.39 is 0 Å². The van der Waals surface area contributed by atoms with E-state index in [0.29, 0.717) is 13.2 Å². The fourth-order valence-corrected chi connectivity index (χ4v) is 2.96. The Balaban J connectivity index is 1.43. The lowest BCUT2D eigenvalue weighted by atomic mass is 10.1. The van der Waals surface area contributed by atoms with Gasteiger partial charge >= 0.3 is 6.03 Å². The van der Waals surface area contributed by atoms with Crippen molar-refractivity contribution in [2.75, 3.05) is 20.2 Å². The van der Waals surface area contributed by atoms with E-state index in [1.54, 1.807) is 11.9 Å². The van der Waals surface area contributed by atoms with Crippen LogP contribution in [-0.4, -0.2) is 43.3 Å². The van der Waals surface area contributed by atoms with Crippen molar-refractivity contribution in [3.8, 4) is 11.5 Å². The third kappa shape index (κ3) is 4.91. The molecular formula is C21H26N2O3. The predicted molar refractivity (Wildman–Crippen MR) is 102 cm³/mol. The molecule has 0 radical (unpaired) electrons. The summed E-state index contributed by atoms with van der Waals surface area (Å²) >= 11 is 0. The van der Waals surface area contributed by atoms with Gasteiger partial charge in [0, 0.05) is 13.1 Å². The number of aryl methyl sites for hydroxylation is 1. The third-order valence-corrected chi connectivity index (χ3v) is 4.47. The van der Waals surface area contributed by atoms with Crippen LogP contribution in [0.5, 0.6) is 11.5 Å². The Kier molecular flexibility index (Phi) is 6.00. The van der Waals surface area contributed by atoms with Gasteiger partial charge in [-0.2, -0.15) is 0 Å². The van der Waals surface area contributed by atoms with E-state index in [9.17, 15) is 4.79 Å². The molecule has 2 atom stereocenters. The first-order chi connectivity index (χ1) is 12.6. The molecule has 5 nitrogen and oxygen atoms in total. The van der Waals surface area contributed by atoms with Gasteiger partial charge in [-0.15, -0.1) is 0 Å². The molecule has 1 aliphatic heterocycles. The summed E-state index contributed by atoms with van der Waals surface area (Å²) < 4.78 is 11.6. The van der Waals surface area contributed by atoms with Gasteiger partial charge in [0.05, 0.1) is 6.54 Å². The first kappa shape index (κ1) is 18.1. The van der Waals surface area contributed by atoms with Gasteiger partial charge in [0.2, 0.25) is 0 Å². The number of carbonyl (C=O) groups excluding carboxylic acids is 1. The number of hydrogen-bond donors (Lipinski definition) is 1. The number of para-hydroxylation sites is 2. The summed E-state index contributed by atoms with van der Waals surface area (Å²) in [7, 11) is 1.78. The number of benzene rings is 2. The molecule has 2 aromatic rings. The van der Waals surface area contributed by atoms with Crippen LogP contribution in [0.15, 0.2) is 54.6 Å². The summed E-state index contributed by atoms with van der Waals surface area (Å²) in [6, 6.07) is 17.9. The van der Waals surface area contributed by atoms with Crippen LogP contribution in [-0.2, 0) is 6.42 Å². The highest BCUT2D eigenvalue weighted by molar-refractivity contribution is 5.74. The molecule has 0 saturated carbocycles. The maximum Gasteiger partial charge on any atom is 0.317 e. The minimum absolute atomic E-state index is 0.0898. The highest BCUT2D eigenvalue weighted by Crippen LogP contribution is 2.30. The largest absolute Gasteiger partial charge is 0.486 e. The number of nitrogens with one attached hydrogen (secondary N) is 1. The zero-order chi connectivity index (χ0) is 18.4. The average Bonchev–Trinajstić information content (AvgIpc) is 2.67. The molecule has 0 bridgehead atoms. The average molecular weight is 354 g/mol. The van der Waals surface area contributed by atoms with Crippen LogP contribution in [0.2, 0.25) is 0 Å². The van der Waals surface area contributed by atoms with Gasteiger partial charge < -0.3 is 19.7 Å². The first-order valence-corrected chi connectivity index (χ1v) is 9.06. The number of urea groups is 1. The lowest BCUT2D eigenvalue weighted by Crippen LogP contribution is -2.47. The fraction of sp³-hybridized carbons (Fsp3) is 0.381. The van der Waals surface area contributed by atoms with Crippen molar-refractivity contribution in [2.24, 2.45) is 0 Å². The third-order valence-electron chi connectivity index (χ3n) is 4.47. The van der Waals surface area contributed by atoms with E-state index in [4.69, 9.17) is 9.47 Å². The Hall–Kier alpha value is -2.69. The molecule has 0 aromatic heterocycles. The Bertz CT molecular complexity index is 720. The number of likely N-dealkylation sites (N-methyl/N-ethyl adjacent to an activating group) is 1. The molecule has 0 spiro atoms. The van der Waals surface area contributed by atoms with Crippen molar-refractivity contribution in [1.29, 1.82) is 0 Å². The number of carbonyl (C=O) groups is 1. The zero-order valence-corrected chi connectivity index (χ0v) is 15.4. The molecule has 5 heteroatoms. The molecular weight excluding hydrogens is 328 g/mol. The molecule has 0 fully saturated rings. The second-order valence-corrected chi connectivity index (χ2v) is 6.75. The second-order valence-electron chi connectivity index (χ2n) is 6.75. The number of nitrogens with zero attached hydrogens (tertiary/aromatic N) is 1. The van der Waals surface area contributed by atoms with Crippen LogP contribution in [0.1, 0.15) is 18.9 Å². The minimum Gasteiger partial charge on any atom is -0.486 e. The molecule has 2 amide bonds. The summed E-state index contributed by atoms with van der Waals surface area (Å²) in [5, 5.41) is 3.05. The van der Waals surface area contributed by atoms with Gasteiger partial charge in [0.25, 0.3) is 0 Å². The molecule has 138 valence electrons. The van der Waals surface area contributed by atoms with Gasteiger partial charge in [-0.3, -0.25) is 0 Å². The van der Waals surface area contributed by atoms with Crippen molar-refractivity contribution >= 4 is 6.03 Å². The van der Waals surface area contributed by atoms with Crippen molar-refractivity contribution in [3.05, 3.63) is 60.2 Å². The van der Waals surface area contributed by atoms with Crippen LogP contribution < -0.4 is 14.8 Å². The van der Waals surface area contributed by atoms with Gasteiger partial charge in [-0.1, -0.05) is 42.5 Å². The zero-order valence-electron chi connectivity index (χ0n) is 15.4. The Morgan fingerprint density at radius 1 is 1.15 bits per heavy atom. The van der Waals surface area contributed by atoms with Crippen molar-refractivity contribution in [3.63, 3.8) is 0 Å². The lowest BCUT2D eigenvalue weighted by Gasteiger charge is -2.30. The summed E-state index contributed by atoms with van der Waals surface area (Å²) in [5.74, 6) is 1.49. The van der Waals surface area contributed by atoms with Crippen LogP contribution in [0.25, 0.3) is 0 Å². The predicted octanol–water partition coefficient (Wildman–Crippen LogP) is 3.49. The maximum atomic E-state index is 12.4. The molecule has 1 N–H and O–H groups in total. The second kappa shape index (κ2) is 8.61. The van der Waals surface area contributed by atoms with E-state index in [0.717, 1.165) is 24.3 Å². The number of fused-ring (bicyclic) bond motifs is 1. The van der Waals surface area contributed by atoms with E-state index in [1.165, 1.54) is 5.56 Å². The first-order valence-electron chi connectivity index (χ1n) is 9.06. The number of hydrogen-bond acceptors (Lipinski definition) is 3. The van der Waals surface area contributed by atoms with Gasteiger partial charge in [0.15, 0.2) is 17.6 Å². The standard InChI is InChI=1S/C21H26N2O3/c1-16(12-13-17-8-4-3-5-9-17)22-21(24)23(2)14-18-15-25-19-10-6-7-11-20(19)26-18/h3-11,16,18H,12-15H2,1-2H3,(H,22,24)/t16-,18-/m1/s1. The minimum atomic E-state index is -0.166. The van der Waals surface area contributed by atoms with Crippen LogP contribution in [0.3, 0.4) is 0 Å². The number of rotatable bonds is 6. The highest BCUT2D eigenvalue weighted by Gasteiger charge is 2.24. The molecule has 26 heavy (non-hydrogen) atoms. The number of amides is 2. The fourth-order valence-electron chi connectivity index (χ4n) is 2.96. The van der Waals surface area contributed by atoms with E-state index in [2.05, 4.69) is 17.4 Å². The van der Waals surface area contributed by atoms with Crippen LogP contribution in [0.4, 0.5) is 4.79 Å². The van der Waals surface area contributed by atoms with Crippen molar-refractivity contribution in [2.45, 2.75) is 31.9 Å². The smallest absolute Gasteiger partial charge is 0.317 e. The molecule has 0 aliphatic carbocycles. The van der Waals surface area contributed by atoms with Crippen LogP contribution in [0, 0.1) is 0 Å². The molecule has 3 rings (SSSR count). The van der Waals surface area contributed by atoms with Gasteiger partial charge in [0.1, 0.15) is 6.61 Å². The van der Waals surface area contributed by atoms with Gasteiger partial charge in [-0.05, 0) is 37.5 Å². The Morgan fingerprint density at radius 2 is 1.85 bits per heavy atom. The molecule has 0 unspecified atom stereocenters. The Labute approximate surface area is 154 Å². The van der Waals surface area contributed by atoms with Crippen molar-refractivity contribution in [1.82, 2.24) is 10.2 Å². The lowest BCUT2D eigenvalue weighted by molar-refractivity contribution is 0.0712. The highest BCUT2D eigenvalue weighted by atomic mass is 16.6. The molecule has 2 aromatic carbocycles. The molecule has 0 saturated heterocycles. The molecule has 1 aliphatic rings. The molecule has 1 heterocycles. The monoisotopic (exact) mass is 354 g/mol. The summed E-state index contributed by atoms with van der Waals surface area (Å²) in [6.07, 6.45) is 1.68. The van der Waals surface area contributed by atoms with E-state index in [1.807, 2.05) is 49.4 Å². The topological polar surface area (TPSA) is 50.8 Å². The summed E-state index contributed by atoms with van der Waals surface area (Å²) in [6.45, 7) is 2.95. The van der Waals surface area contributed by atoms with E-state index in [-0.39, 0.29) is 18.2 Å². The van der Waals surface area contributed by atoms with Gasteiger partial charge in [-0.25, -0.2) is 4.79 Å². The summed E-state index contributed by atoms with van der Waals surface area (Å²) in [4.78, 5) is 14.1. The number of ether oxygens (including phenoxy) is 2. The van der Waals surface area contributed by atoms with Crippen molar-refractivity contribution < 1.29 is 14.3 Å². The Morgan fingerprint density at radius 3 is 2.62 bits per heavy atom.